The van der Waals surface area contributed by atoms with Crippen molar-refractivity contribution >= 4 is 17.5 Å². The largest absolute Gasteiger partial charge is 0.339 e. The first-order valence-corrected chi connectivity index (χ1v) is 7.19. The number of carbonyl (C=O) groups is 1. The second-order valence-electron chi connectivity index (χ2n) is 4.23. The van der Waals surface area contributed by atoms with Crippen LogP contribution in [0.15, 0.2) is 33.7 Å². The lowest BCUT2D eigenvalue weighted by Gasteiger charge is -2.01. The molecule has 100 valence electrons. The summed E-state index contributed by atoms with van der Waals surface area (Å²) < 4.78 is 5.06. The number of benzene rings is 1. The zero-order chi connectivity index (χ0) is 13.7. The van der Waals surface area contributed by atoms with Gasteiger partial charge in [-0.15, -0.1) is 11.8 Å². The van der Waals surface area contributed by atoms with Crippen LogP contribution in [0, 0.1) is 6.92 Å². The Balaban J connectivity index is 1.94. The molecule has 0 unspecified atom stereocenters. The molecule has 19 heavy (non-hydrogen) atoms. The molecule has 1 aromatic carbocycles. The van der Waals surface area contributed by atoms with Crippen LogP contribution in [0.1, 0.15) is 30.6 Å². The number of aryl methyl sites for hydroxylation is 1. The maximum absolute atomic E-state index is 11.3. The van der Waals surface area contributed by atoms with E-state index in [1.807, 2.05) is 19.1 Å². The lowest BCUT2D eigenvalue weighted by atomic mass is 10.2. The predicted octanol–water partition coefficient (Wildman–Crippen LogP) is 3.19. The summed E-state index contributed by atoms with van der Waals surface area (Å²) in [6.07, 6.45) is 0.730. The van der Waals surface area contributed by atoms with E-state index in [0.717, 1.165) is 0 Å². The van der Waals surface area contributed by atoms with E-state index in [9.17, 15) is 4.79 Å². The standard InChI is InChI=1S/C14H16N2O2S/c1-3-11(17)8-14-15-13(16-18-14)9-19-12-7-5-4-6-10(12)2/h4-7H,3,8-9H2,1-2H3. The van der Waals surface area contributed by atoms with E-state index in [1.54, 1.807) is 11.8 Å². The highest BCUT2D eigenvalue weighted by atomic mass is 32.2. The van der Waals surface area contributed by atoms with Crippen molar-refractivity contribution in [2.24, 2.45) is 0 Å². The van der Waals surface area contributed by atoms with Gasteiger partial charge in [0.25, 0.3) is 0 Å². The highest BCUT2D eigenvalue weighted by molar-refractivity contribution is 7.98. The molecule has 1 heterocycles. The molecule has 5 heteroatoms. The molecule has 2 aromatic rings. The summed E-state index contributed by atoms with van der Waals surface area (Å²) in [6, 6.07) is 8.17. The maximum Gasteiger partial charge on any atom is 0.234 e. The number of ketones is 1. The van der Waals surface area contributed by atoms with Crippen molar-refractivity contribution in [2.45, 2.75) is 37.3 Å². The van der Waals surface area contributed by atoms with Crippen LogP contribution in [0.3, 0.4) is 0 Å². The van der Waals surface area contributed by atoms with E-state index in [4.69, 9.17) is 4.52 Å². The van der Waals surface area contributed by atoms with Crippen LogP contribution in [0.25, 0.3) is 0 Å². The number of hydrogen-bond donors (Lipinski definition) is 0. The molecule has 0 N–H and O–H groups in total. The van der Waals surface area contributed by atoms with Gasteiger partial charge in [-0.25, -0.2) is 0 Å². The van der Waals surface area contributed by atoms with Crippen LogP contribution in [-0.2, 0) is 17.0 Å². The predicted molar refractivity (Wildman–Crippen MR) is 74.0 cm³/mol. The van der Waals surface area contributed by atoms with E-state index in [1.165, 1.54) is 10.5 Å². The van der Waals surface area contributed by atoms with Crippen molar-refractivity contribution < 1.29 is 9.32 Å². The molecule has 0 aliphatic carbocycles. The van der Waals surface area contributed by atoms with Crippen LogP contribution in [0.5, 0.6) is 0 Å². The third-order valence-electron chi connectivity index (χ3n) is 2.70. The van der Waals surface area contributed by atoms with Gasteiger partial charge < -0.3 is 4.52 Å². The van der Waals surface area contributed by atoms with Gasteiger partial charge >= 0.3 is 0 Å². The summed E-state index contributed by atoms with van der Waals surface area (Å²) >= 11 is 1.67. The highest BCUT2D eigenvalue weighted by Gasteiger charge is 2.10. The number of rotatable bonds is 6. The number of hydrogen-bond acceptors (Lipinski definition) is 5. The van der Waals surface area contributed by atoms with Gasteiger partial charge in [0.2, 0.25) is 5.89 Å². The summed E-state index contributed by atoms with van der Waals surface area (Å²) in [6.45, 7) is 3.90. The monoisotopic (exact) mass is 276 g/mol. The normalized spacial score (nSPS) is 10.6. The Kier molecular flexibility index (Phi) is 4.74. The van der Waals surface area contributed by atoms with Crippen molar-refractivity contribution in [3.63, 3.8) is 0 Å². The maximum atomic E-state index is 11.3. The molecule has 2 rings (SSSR count). The molecule has 1 aromatic heterocycles. The number of Topliss-reactive ketones (excluding diaryl/α,β-unsaturated/α-hetero) is 1. The van der Waals surface area contributed by atoms with E-state index in [-0.39, 0.29) is 12.2 Å². The molecule has 0 bridgehead atoms. The lowest BCUT2D eigenvalue weighted by molar-refractivity contribution is -0.118. The molecule has 0 amide bonds. The van der Waals surface area contributed by atoms with Gasteiger partial charge in [0, 0.05) is 11.3 Å². The molecule has 4 nitrogen and oxygen atoms in total. The Hall–Kier alpha value is -1.62. The molecular formula is C14H16N2O2S. The van der Waals surface area contributed by atoms with Crippen LogP contribution in [0.2, 0.25) is 0 Å². The number of aromatic nitrogens is 2. The topological polar surface area (TPSA) is 56.0 Å². The van der Waals surface area contributed by atoms with Crippen LogP contribution >= 0.6 is 11.8 Å². The number of thioether (sulfide) groups is 1. The van der Waals surface area contributed by atoms with Crippen molar-refractivity contribution in [1.29, 1.82) is 0 Å². The highest BCUT2D eigenvalue weighted by Crippen LogP contribution is 2.24. The van der Waals surface area contributed by atoms with Gasteiger partial charge in [-0.1, -0.05) is 30.3 Å². The number of carbonyl (C=O) groups excluding carboxylic acids is 1. The first-order chi connectivity index (χ1) is 9.19. The lowest BCUT2D eigenvalue weighted by Crippen LogP contribution is -2.00. The summed E-state index contributed by atoms with van der Waals surface area (Å²) in [5.74, 6) is 1.80. The molecule has 0 atom stereocenters. The van der Waals surface area contributed by atoms with Gasteiger partial charge in [0.05, 0.1) is 12.2 Å². The molecule has 0 spiro atoms. The minimum Gasteiger partial charge on any atom is -0.339 e. The molecule has 0 fully saturated rings. The van der Waals surface area contributed by atoms with Gasteiger partial charge in [-0.2, -0.15) is 4.98 Å². The van der Waals surface area contributed by atoms with Gasteiger partial charge in [0.15, 0.2) is 5.82 Å². The quantitative estimate of drug-likeness (QED) is 0.758. The average molecular weight is 276 g/mol. The molecule has 0 aliphatic rings. The second-order valence-corrected chi connectivity index (χ2v) is 5.24. The van der Waals surface area contributed by atoms with E-state index in [2.05, 4.69) is 29.2 Å². The van der Waals surface area contributed by atoms with Crippen LogP contribution < -0.4 is 0 Å². The Morgan fingerprint density at radius 3 is 2.89 bits per heavy atom. The Labute approximate surface area is 116 Å². The van der Waals surface area contributed by atoms with Crippen LogP contribution in [0.4, 0.5) is 0 Å². The molecule has 0 saturated heterocycles. The zero-order valence-corrected chi connectivity index (χ0v) is 11.9. The minimum atomic E-state index is 0.113. The average Bonchev–Trinajstić information content (AvgIpc) is 2.85. The fourth-order valence-corrected chi connectivity index (χ4v) is 2.45. The Morgan fingerprint density at radius 2 is 2.16 bits per heavy atom. The fraction of sp³-hybridized carbons (Fsp3) is 0.357. The summed E-state index contributed by atoms with van der Waals surface area (Å²) in [5, 5.41) is 3.89. The van der Waals surface area contributed by atoms with E-state index < -0.39 is 0 Å². The van der Waals surface area contributed by atoms with Crippen molar-refractivity contribution in [1.82, 2.24) is 10.1 Å². The molecule has 0 radical (unpaired) electrons. The van der Waals surface area contributed by atoms with Crippen molar-refractivity contribution in [2.75, 3.05) is 0 Å². The molecule has 0 saturated carbocycles. The first kappa shape index (κ1) is 13.8. The zero-order valence-electron chi connectivity index (χ0n) is 11.0. The SMILES string of the molecule is CCC(=O)Cc1nc(CSc2ccccc2C)no1. The second kappa shape index (κ2) is 6.52. The summed E-state index contributed by atoms with van der Waals surface area (Å²) in [5.41, 5.74) is 1.23. The molecule has 0 aliphatic heterocycles. The molecular weight excluding hydrogens is 260 g/mol. The van der Waals surface area contributed by atoms with Gasteiger partial charge in [0.1, 0.15) is 5.78 Å². The minimum absolute atomic E-state index is 0.113. The first-order valence-electron chi connectivity index (χ1n) is 6.20. The van der Waals surface area contributed by atoms with Gasteiger partial charge in [-0.3, -0.25) is 4.79 Å². The summed E-state index contributed by atoms with van der Waals surface area (Å²) in [7, 11) is 0. The van der Waals surface area contributed by atoms with Crippen molar-refractivity contribution in [3.05, 3.63) is 41.5 Å². The van der Waals surface area contributed by atoms with E-state index in [0.29, 0.717) is 23.9 Å². The Morgan fingerprint density at radius 1 is 1.37 bits per heavy atom. The number of nitrogens with zero attached hydrogens (tertiary/aromatic N) is 2. The van der Waals surface area contributed by atoms with E-state index >= 15 is 0 Å². The third kappa shape index (κ3) is 3.92. The fourth-order valence-electron chi connectivity index (χ4n) is 1.57. The van der Waals surface area contributed by atoms with Gasteiger partial charge in [-0.05, 0) is 18.6 Å². The Bertz CT molecular complexity index is 566. The summed E-state index contributed by atoms with van der Waals surface area (Å²) in [4.78, 5) is 16.7. The smallest absolute Gasteiger partial charge is 0.234 e. The van der Waals surface area contributed by atoms with Crippen molar-refractivity contribution in [3.8, 4) is 0 Å². The van der Waals surface area contributed by atoms with Crippen LogP contribution in [-0.4, -0.2) is 15.9 Å². The third-order valence-corrected chi connectivity index (χ3v) is 3.87.